The first-order chi connectivity index (χ1) is 5.74. The lowest BCUT2D eigenvalue weighted by Gasteiger charge is -2.29. The summed E-state index contributed by atoms with van der Waals surface area (Å²) in [6.07, 6.45) is 0. The van der Waals surface area contributed by atoms with Gasteiger partial charge >= 0.3 is 0 Å². The molecule has 0 aliphatic rings. The van der Waals surface area contributed by atoms with E-state index < -0.39 is 9.05 Å². The van der Waals surface area contributed by atoms with Crippen molar-refractivity contribution in [2.45, 2.75) is 39.8 Å². The van der Waals surface area contributed by atoms with Gasteiger partial charge in [0.15, 0.2) is 0 Å². The number of hydrogen-bond donors (Lipinski definition) is 0. The van der Waals surface area contributed by atoms with Crippen molar-refractivity contribution in [1.29, 1.82) is 0 Å². The second kappa shape index (κ2) is 5.17. The van der Waals surface area contributed by atoms with Gasteiger partial charge < -0.3 is 0 Å². The molecule has 0 bridgehead atoms. The van der Waals surface area contributed by atoms with Gasteiger partial charge in [-0.05, 0) is 27.7 Å². The molecule has 0 fully saturated rings. The Morgan fingerprint density at radius 3 is 1.77 bits per heavy atom. The third-order valence-corrected chi connectivity index (χ3v) is 3.05. The summed E-state index contributed by atoms with van der Waals surface area (Å²) in [7, 11) is 1.78. The molecule has 0 amide bonds. The van der Waals surface area contributed by atoms with Gasteiger partial charge in [-0.2, -0.15) is 0 Å². The van der Waals surface area contributed by atoms with E-state index in [1.54, 1.807) is 0 Å². The lowest BCUT2D eigenvalue weighted by Crippen LogP contribution is -2.39. The topological polar surface area (TPSA) is 37.4 Å². The lowest BCUT2D eigenvalue weighted by molar-refractivity contribution is 0.186. The summed E-state index contributed by atoms with van der Waals surface area (Å²) >= 11 is 0. The highest BCUT2D eigenvalue weighted by Crippen LogP contribution is 2.06. The van der Waals surface area contributed by atoms with Crippen LogP contribution in [0.25, 0.3) is 0 Å². The minimum Gasteiger partial charge on any atom is -0.297 e. The van der Waals surface area contributed by atoms with Crippen LogP contribution in [-0.2, 0) is 9.05 Å². The van der Waals surface area contributed by atoms with Crippen LogP contribution in [0, 0.1) is 0 Å². The fourth-order valence-corrected chi connectivity index (χ4v) is 1.96. The van der Waals surface area contributed by atoms with Crippen LogP contribution in [-0.4, -0.2) is 37.7 Å². The standard InChI is InChI=1S/C8H18ClNO2S/c1-7(2)10(8(3)4)5-6-13(9,11)12/h7-8H,5-6H2,1-4H3. The molecule has 0 saturated carbocycles. The van der Waals surface area contributed by atoms with Gasteiger partial charge in [0.05, 0.1) is 5.75 Å². The van der Waals surface area contributed by atoms with Gasteiger partial charge in [0.25, 0.3) is 0 Å². The van der Waals surface area contributed by atoms with E-state index in [2.05, 4.69) is 4.90 Å². The zero-order valence-corrected chi connectivity index (χ0v) is 10.2. The summed E-state index contributed by atoms with van der Waals surface area (Å²) in [4.78, 5) is 2.10. The second-order valence-electron chi connectivity index (χ2n) is 3.67. The van der Waals surface area contributed by atoms with E-state index in [0.717, 1.165) is 0 Å². The molecule has 80 valence electrons. The Bertz CT molecular complexity index is 229. The van der Waals surface area contributed by atoms with E-state index in [-0.39, 0.29) is 5.75 Å². The van der Waals surface area contributed by atoms with Crippen molar-refractivity contribution in [3.63, 3.8) is 0 Å². The number of nitrogens with zero attached hydrogens (tertiary/aromatic N) is 1. The van der Waals surface area contributed by atoms with Crippen LogP contribution < -0.4 is 0 Å². The maximum atomic E-state index is 10.7. The monoisotopic (exact) mass is 227 g/mol. The second-order valence-corrected chi connectivity index (χ2v) is 6.56. The van der Waals surface area contributed by atoms with Crippen LogP contribution in [0.2, 0.25) is 0 Å². The highest BCUT2D eigenvalue weighted by molar-refractivity contribution is 8.13. The maximum Gasteiger partial charge on any atom is 0.233 e. The maximum absolute atomic E-state index is 10.7. The van der Waals surface area contributed by atoms with Gasteiger partial charge in [0.2, 0.25) is 9.05 Å². The van der Waals surface area contributed by atoms with E-state index in [1.165, 1.54) is 0 Å². The first kappa shape index (κ1) is 13.2. The van der Waals surface area contributed by atoms with Gasteiger partial charge in [0, 0.05) is 29.3 Å². The van der Waals surface area contributed by atoms with Crippen molar-refractivity contribution in [3.05, 3.63) is 0 Å². The fourth-order valence-electron chi connectivity index (χ4n) is 1.33. The van der Waals surface area contributed by atoms with E-state index in [4.69, 9.17) is 10.7 Å². The van der Waals surface area contributed by atoms with Gasteiger partial charge in [-0.3, -0.25) is 4.90 Å². The van der Waals surface area contributed by atoms with Crippen LogP contribution in [0.3, 0.4) is 0 Å². The van der Waals surface area contributed by atoms with E-state index in [9.17, 15) is 8.42 Å². The minimum atomic E-state index is -3.36. The molecular weight excluding hydrogens is 210 g/mol. The quantitative estimate of drug-likeness (QED) is 0.671. The van der Waals surface area contributed by atoms with Crippen LogP contribution >= 0.6 is 10.7 Å². The Morgan fingerprint density at radius 2 is 1.54 bits per heavy atom. The average Bonchev–Trinajstić information content (AvgIpc) is 1.82. The summed E-state index contributed by atoms with van der Waals surface area (Å²) in [5.74, 6) is 0.0188. The minimum absolute atomic E-state index is 0.0188. The molecule has 0 aromatic heterocycles. The first-order valence-electron chi connectivity index (χ1n) is 4.42. The lowest BCUT2D eigenvalue weighted by atomic mass is 10.2. The largest absolute Gasteiger partial charge is 0.297 e. The Morgan fingerprint density at radius 1 is 1.15 bits per heavy atom. The van der Waals surface area contributed by atoms with Gasteiger partial charge in [-0.1, -0.05) is 0 Å². The first-order valence-corrected chi connectivity index (χ1v) is 6.90. The summed E-state index contributed by atoms with van der Waals surface area (Å²) < 4.78 is 21.4. The van der Waals surface area contributed by atoms with Gasteiger partial charge in [-0.25, -0.2) is 8.42 Å². The van der Waals surface area contributed by atoms with Crippen molar-refractivity contribution in [2.75, 3.05) is 12.3 Å². The van der Waals surface area contributed by atoms with Crippen molar-refractivity contribution in [3.8, 4) is 0 Å². The molecule has 0 unspecified atom stereocenters. The van der Waals surface area contributed by atoms with E-state index in [0.29, 0.717) is 18.6 Å². The predicted molar refractivity (Wildman–Crippen MR) is 56.6 cm³/mol. The van der Waals surface area contributed by atoms with Gasteiger partial charge in [-0.15, -0.1) is 0 Å². The normalized spacial score (nSPS) is 13.2. The zero-order chi connectivity index (χ0) is 10.6. The van der Waals surface area contributed by atoms with Crippen LogP contribution in [0.15, 0.2) is 0 Å². The van der Waals surface area contributed by atoms with Crippen molar-refractivity contribution in [1.82, 2.24) is 4.90 Å². The molecule has 13 heavy (non-hydrogen) atoms. The van der Waals surface area contributed by atoms with Crippen molar-refractivity contribution < 1.29 is 8.42 Å². The molecule has 0 heterocycles. The van der Waals surface area contributed by atoms with Crippen LogP contribution in [0.1, 0.15) is 27.7 Å². The Hall–Kier alpha value is 0.200. The highest BCUT2D eigenvalue weighted by atomic mass is 35.7. The number of hydrogen-bond acceptors (Lipinski definition) is 3. The molecule has 0 radical (unpaired) electrons. The molecule has 0 N–H and O–H groups in total. The molecule has 5 heteroatoms. The van der Waals surface area contributed by atoms with Crippen LogP contribution in [0.5, 0.6) is 0 Å². The molecule has 0 atom stereocenters. The third kappa shape index (κ3) is 6.29. The molecule has 0 spiro atoms. The molecular formula is C8H18ClNO2S. The SMILES string of the molecule is CC(C)N(CCS(=O)(=O)Cl)C(C)C. The molecule has 0 aromatic carbocycles. The summed E-state index contributed by atoms with van der Waals surface area (Å²) in [5, 5.41) is 0. The van der Waals surface area contributed by atoms with E-state index >= 15 is 0 Å². The Labute approximate surface area is 85.5 Å². The number of halogens is 1. The fraction of sp³-hybridized carbons (Fsp3) is 1.00. The smallest absolute Gasteiger partial charge is 0.233 e. The average molecular weight is 228 g/mol. The molecule has 3 nitrogen and oxygen atoms in total. The van der Waals surface area contributed by atoms with Gasteiger partial charge in [0.1, 0.15) is 0 Å². The Balaban J connectivity index is 4.13. The summed E-state index contributed by atoms with van der Waals surface area (Å²) in [5.41, 5.74) is 0. The predicted octanol–water partition coefficient (Wildman–Crippen LogP) is 1.67. The van der Waals surface area contributed by atoms with Crippen molar-refractivity contribution >= 4 is 19.7 Å². The number of rotatable bonds is 5. The zero-order valence-electron chi connectivity index (χ0n) is 8.62. The van der Waals surface area contributed by atoms with Crippen molar-refractivity contribution in [2.24, 2.45) is 0 Å². The highest BCUT2D eigenvalue weighted by Gasteiger charge is 2.15. The van der Waals surface area contributed by atoms with E-state index in [1.807, 2.05) is 27.7 Å². The summed E-state index contributed by atoms with van der Waals surface area (Å²) in [6, 6.07) is 0.692. The molecule has 0 aromatic rings. The molecule has 0 rings (SSSR count). The van der Waals surface area contributed by atoms with Crippen LogP contribution in [0.4, 0.5) is 0 Å². The molecule has 0 aliphatic carbocycles. The summed E-state index contributed by atoms with van der Waals surface area (Å²) in [6.45, 7) is 8.67. The molecule has 0 saturated heterocycles. The molecule has 0 aliphatic heterocycles. The Kier molecular flexibility index (Phi) is 5.25. The third-order valence-electron chi connectivity index (χ3n) is 1.92.